The molecule has 0 saturated heterocycles. The fraction of sp³-hybridized carbons (Fsp3) is 0.857. The molecule has 20 heavy (non-hydrogen) atoms. The molecule has 6 nitrogen and oxygen atoms in total. The first-order valence-electron chi connectivity index (χ1n) is 7.11. The second-order valence-corrected chi connectivity index (χ2v) is 6.19. The molecular formula is C14H27N3O3. The number of hydrogen-bond acceptors (Lipinski definition) is 3. The van der Waals surface area contributed by atoms with Crippen LogP contribution in [0.4, 0.5) is 4.79 Å². The Morgan fingerprint density at radius 1 is 1.25 bits per heavy atom. The second-order valence-electron chi connectivity index (χ2n) is 6.19. The largest absolute Gasteiger partial charge is 0.481 e. The monoisotopic (exact) mass is 285 g/mol. The predicted molar refractivity (Wildman–Crippen MR) is 77.7 cm³/mol. The van der Waals surface area contributed by atoms with E-state index in [-0.39, 0.29) is 17.6 Å². The van der Waals surface area contributed by atoms with E-state index >= 15 is 0 Å². The van der Waals surface area contributed by atoms with Crippen LogP contribution in [0.3, 0.4) is 0 Å². The lowest BCUT2D eigenvalue weighted by atomic mass is 9.75. The molecule has 1 saturated carbocycles. The molecule has 0 radical (unpaired) electrons. The normalized spacial score (nSPS) is 19.9. The average molecular weight is 285 g/mol. The lowest BCUT2D eigenvalue weighted by Gasteiger charge is -2.49. The highest BCUT2D eigenvalue weighted by Gasteiger charge is 2.40. The summed E-state index contributed by atoms with van der Waals surface area (Å²) in [5.41, 5.74) is 0.0771. The van der Waals surface area contributed by atoms with Crippen molar-refractivity contribution in [2.45, 2.75) is 44.7 Å². The van der Waals surface area contributed by atoms with Gasteiger partial charge in [-0.3, -0.25) is 4.79 Å². The maximum Gasteiger partial charge on any atom is 0.317 e. The minimum Gasteiger partial charge on any atom is -0.481 e. The minimum absolute atomic E-state index is 0.0771. The van der Waals surface area contributed by atoms with Gasteiger partial charge in [-0.1, -0.05) is 0 Å². The molecule has 0 aromatic rings. The minimum atomic E-state index is -0.899. The Balaban J connectivity index is 2.53. The van der Waals surface area contributed by atoms with E-state index in [4.69, 9.17) is 5.11 Å². The van der Waals surface area contributed by atoms with Crippen LogP contribution in [0.1, 0.15) is 33.1 Å². The fourth-order valence-electron chi connectivity index (χ4n) is 2.49. The smallest absolute Gasteiger partial charge is 0.317 e. The van der Waals surface area contributed by atoms with E-state index in [2.05, 4.69) is 10.2 Å². The molecule has 0 bridgehead atoms. The van der Waals surface area contributed by atoms with Gasteiger partial charge in [0.25, 0.3) is 0 Å². The van der Waals surface area contributed by atoms with Gasteiger partial charge in [-0.25, -0.2) is 4.79 Å². The number of carbonyl (C=O) groups excluding carboxylic acids is 1. The zero-order valence-electron chi connectivity index (χ0n) is 13.1. The molecule has 6 heteroatoms. The van der Waals surface area contributed by atoms with Gasteiger partial charge in [0.2, 0.25) is 0 Å². The van der Waals surface area contributed by atoms with E-state index in [0.29, 0.717) is 6.54 Å². The van der Waals surface area contributed by atoms with Gasteiger partial charge in [0.1, 0.15) is 0 Å². The molecule has 2 amide bonds. The van der Waals surface area contributed by atoms with Crippen LogP contribution in [0, 0.1) is 5.92 Å². The van der Waals surface area contributed by atoms with E-state index in [1.54, 1.807) is 25.8 Å². The van der Waals surface area contributed by atoms with Gasteiger partial charge in [0.05, 0.1) is 5.92 Å². The van der Waals surface area contributed by atoms with Gasteiger partial charge in [0, 0.05) is 25.2 Å². The molecule has 116 valence electrons. The van der Waals surface area contributed by atoms with Crippen LogP contribution in [-0.2, 0) is 4.79 Å². The quantitative estimate of drug-likeness (QED) is 0.769. The van der Waals surface area contributed by atoms with Gasteiger partial charge in [-0.05, 0) is 47.2 Å². The molecular weight excluding hydrogens is 258 g/mol. The summed E-state index contributed by atoms with van der Waals surface area (Å²) in [5.74, 6) is -1.50. The summed E-state index contributed by atoms with van der Waals surface area (Å²) < 4.78 is 0. The summed E-state index contributed by atoms with van der Waals surface area (Å²) >= 11 is 0. The molecule has 0 spiro atoms. The number of urea groups is 1. The summed E-state index contributed by atoms with van der Waals surface area (Å²) in [7, 11) is 5.84. The zero-order chi connectivity index (χ0) is 15.5. The molecule has 0 aromatic carbocycles. The third kappa shape index (κ3) is 3.62. The van der Waals surface area contributed by atoms with E-state index in [9.17, 15) is 9.59 Å². The summed E-state index contributed by atoms with van der Waals surface area (Å²) in [6.07, 6.45) is 3.39. The molecule has 1 aliphatic carbocycles. The molecule has 1 aliphatic rings. The van der Waals surface area contributed by atoms with Crippen molar-refractivity contribution in [3.05, 3.63) is 0 Å². The maximum atomic E-state index is 12.1. The van der Waals surface area contributed by atoms with Crippen molar-refractivity contribution < 1.29 is 14.7 Å². The molecule has 0 heterocycles. The Bertz CT molecular complexity index is 367. The number of amides is 2. The highest BCUT2D eigenvalue weighted by molar-refractivity contribution is 5.76. The number of carbonyl (C=O) groups is 2. The third-order valence-electron chi connectivity index (χ3n) is 4.60. The van der Waals surface area contributed by atoms with Crippen LogP contribution in [0.25, 0.3) is 0 Å². The second kappa shape index (κ2) is 6.43. The number of nitrogens with zero attached hydrogens (tertiary/aromatic N) is 2. The van der Waals surface area contributed by atoms with Crippen molar-refractivity contribution >= 4 is 12.0 Å². The van der Waals surface area contributed by atoms with Gasteiger partial charge in [-0.2, -0.15) is 0 Å². The van der Waals surface area contributed by atoms with Crippen LogP contribution in [-0.4, -0.2) is 66.2 Å². The van der Waals surface area contributed by atoms with Gasteiger partial charge < -0.3 is 20.2 Å². The fourth-order valence-corrected chi connectivity index (χ4v) is 2.49. The predicted octanol–water partition coefficient (Wildman–Crippen LogP) is 1.22. The Labute approximate surface area is 121 Å². The van der Waals surface area contributed by atoms with Crippen molar-refractivity contribution in [2.24, 2.45) is 5.92 Å². The SMILES string of the molecule is CC(NC(=O)N(C)CC1(N(C)C)CCC1)C(C)C(=O)O. The number of hydrogen-bond donors (Lipinski definition) is 2. The number of carboxylic acid groups (broad SMARTS) is 1. The van der Waals surface area contributed by atoms with E-state index in [0.717, 1.165) is 12.8 Å². The van der Waals surface area contributed by atoms with Crippen LogP contribution >= 0.6 is 0 Å². The number of likely N-dealkylation sites (N-methyl/N-ethyl adjacent to an activating group) is 2. The molecule has 1 rings (SSSR count). The van der Waals surface area contributed by atoms with Crippen LogP contribution in [0.15, 0.2) is 0 Å². The van der Waals surface area contributed by atoms with E-state index < -0.39 is 11.9 Å². The Morgan fingerprint density at radius 3 is 2.15 bits per heavy atom. The zero-order valence-corrected chi connectivity index (χ0v) is 13.1. The van der Waals surface area contributed by atoms with Crippen molar-refractivity contribution in [1.82, 2.24) is 15.1 Å². The first-order chi connectivity index (χ1) is 9.19. The van der Waals surface area contributed by atoms with Crippen LogP contribution in [0.5, 0.6) is 0 Å². The number of nitrogens with one attached hydrogen (secondary N) is 1. The summed E-state index contributed by atoms with van der Waals surface area (Å²) in [5, 5.41) is 11.7. The average Bonchev–Trinajstić information content (AvgIpc) is 2.31. The van der Waals surface area contributed by atoms with Crippen molar-refractivity contribution in [3.8, 4) is 0 Å². The van der Waals surface area contributed by atoms with E-state index in [1.807, 2.05) is 14.1 Å². The summed E-state index contributed by atoms with van der Waals surface area (Å²) in [6, 6.07) is -0.599. The summed E-state index contributed by atoms with van der Waals surface area (Å²) in [4.78, 5) is 26.9. The van der Waals surface area contributed by atoms with Crippen molar-refractivity contribution in [2.75, 3.05) is 27.7 Å². The summed E-state index contributed by atoms with van der Waals surface area (Å²) in [6.45, 7) is 3.98. The highest BCUT2D eigenvalue weighted by atomic mass is 16.4. The number of rotatable bonds is 6. The third-order valence-corrected chi connectivity index (χ3v) is 4.60. The maximum absolute atomic E-state index is 12.1. The standard InChI is InChI=1S/C14H27N3O3/c1-10(12(18)19)11(2)15-13(20)17(5)9-14(16(3)4)7-6-8-14/h10-11H,6-9H2,1-5H3,(H,15,20)(H,18,19). The van der Waals surface area contributed by atoms with Crippen LogP contribution < -0.4 is 5.32 Å². The Hall–Kier alpha value is -1.30. The molecule has 2 unspecified atom stereocenters. The number of carboxylic acids is 1. The molecule has 2 N–H and O–H groups in total. The number of aliphatic carboxylic acids is 1. The van der Waals surface area contributed by atoms with Gasteiger partial charge in [-0.15, -0.1) is 0 Å². The Kier molecular flexibility index (Phi) is 5.39. The van der Waals surface area contributed by atoms with E-state index in [1.165, 1.54) is 6.42 Å². The first kappa shape index (κ1) is 16.8. The highest BCUT2D eigenvalue weighted by Crippen LogP contribution is 2.36. The molecule has 0 aromatic heterocycles. The molecule has 1 fully saturated rings. The lowest BCUT2D eigenvalue weighted by molar-refractivity contribution is -0.141. The van der Waals surface area contributed by atoms with Gasteiger partial charge in [0.15, 0.2) is 0 Å². The van der Waals surface area contributed by atoms with Gasteiger partial charge >= 0.3 is 12.0 Å². The first-order valence-corrected chi connectivity index (χ1v) is 7.11. The molecule has 0 aliphatic heterocycles. The van der Waals surface area contributed by atoms with Crippen molar-refractivity contribution in [1.29, 1.82) is 0 Å². The van der Waals surface area contributed by atoms with Crippen LogP contribution in [0.2, 0.25) is 0 Å². The lowest BCUT2D eigenvalue weighted by Crippen LogP contribution is -2.59. The molecule has 2 atom stereocenters. The Morgan fingerprint density at radius 2 is 1.80 bits per heavy atom. The topological polar surface area (TPSA) is 72.9 Å². The van der Waals surface area contributed by atoms with Crippen molar-refractivity contribution in [3.63, 3.8) is 0 Å².